The molecule has 0 fully saturated rings. The van der Waals surface area contributed by atoms with Crippen LogP contribution >= 0.6 is 0 Å². The number of nitrogens with zero attached hydrogens (tertiary/aromatic N) is 1. The zero-order valence-corrected chi connectivity index (χ0v) is 8.17. The Bertz CT molecular complexity index is 474. The van der Waals surface area contributed by atoms with Gasteiger partial charge in [0.05, 0.1) is 5.69 Å². The average Bonchev–Trinajstić information content (AvgIpc) is 2.16. The van der Waals surface area contributed by atoms with Gasteiger partial charge in [-0.2, -0.15) is 0 Å². The largest absolute Gasteiger partial charge is 0.253 e. The van der Waals surface area contributed by atoms with Crippen molar-refractivity contribution < 1.29 is 8.78 Å². The minimum Gasteiger partial charge on any atom is -0.253 e. The summed E-state index contributed by atoms with van der Waals surface area (Å²) in [5.41, 5.74) is 1.18. The summed E-state index contributed by atoms with van der Waals surface area (Å²) in [4.78, 5) is 4.09. The van der Waals surface area contributed by atoms with Crippen LogP contribution in [0.1, 0.15) is 5.69 Å². The van der Waals surface area contributed by atoms with Gasteiger partial charge in [0.15, 0.2) is 0 Å². The van der Waals surface area contributed by atoms with Gasteiger partial charge in [-0.05, 0) is 25.1 Å². The lowest BCUT2D eigenvalue weighted by atomic mass is 10.1. The molecular weight excluding hydrogens is 196 g/mol. The lowest BCUT2D eigenvalue weighted by Gasteiger charge is -2.03. The number of hydrogen-bond donors (Lipinski definition) is 0. The third kappa shape index (κ3) is 2.01. The summed E-state index contributed by atoms with van der Waals surface area (Å²) in [7, 11) is 0. The van der Waals surface area contributed by atoms with E-state index in [0.717, 1.165) is 0 Å². The maximum absolute atomic E-state index is 13.4. The summed E-state index contributed by atoms with van der Waals surface area (Å²) >= 11 is 0. The average molecular weight is 205 g/mol. The molecule has 0 atom stereocenters. The number of aryl methyl sites for hydroxylation is 1. The normalized spacial score (nSPS) is 10.3. The fraction of sp³-hybridized carbons (Fsp3) is 0.0833. The molecule has 2 rings (SSSR count). The number of aromatic nitrogens is 1. The highest BCUT2D eigenvalue weighted by Crippen LogP contribution is 2.21. The number of halogens is 2. The molecule has 1 aromatic carbocycles. The van der Waals surface area contributed by atoms with E-state index in [9.17, 15) is 8.78 Å². The third-order valence-corrected chi connectivity index (χ3v) is 2.07. The Kier molecular flexibility index (Phi) is 2.46. The van der Waals surface area contributed by atoms with E-state index in [-0.39, 0.29) is 0 Å². The first-order chi connectivity index (χ1) is 7.16. The van der Waals surface area contributed by atoms with Gasteiger partial charge >= 0.3 is 0 Å². The summed E-state index contributed by atoms with van der Waals surface area (Å²) in [5.74, 6) is -0.796. The second-order valence-electron chi connectivity index (χ2n) is 3.29. The molecule has 0 saturated heterocycles. The predicted molar refractivity (Wildman–Crippen MR) is 54.3 cm³/mol. The van der Waals surface area contributed by atoms with Crippen molar-refractivity contribution in [1.82, 2.24) is 4.98 Å². The van der Waals surface area contributed by atoms with E-state index in [1.807, 2.05) is 0 Å². The van der Waals surface area contributed by atoms with E-state index in [1.165, 1.54) is 18.2 Å². The van der Waals surface area contributed by atoms with Gasteiger partial charge in [0.25, 0.3) is 0 Å². The minimum absolute atomic E-state index is 0.320. The third-order valence-electron chi connectivity index (χ3n) is 2.07. The van der Waals surface area contributed by atoms with Crippen LogP contribution in [0.4, 0.5) is 8.78 Å². The van der Waals surface area contributed by atoms with Gasteiger partial charge in [0.1, 0.15) is 11.6 Å². The first-order valence-electron chi connectivity index (χ1n) is 4.56. The highest BCUT2D eigenvalue weighted by Gasteiger charge is 2.07. The molecule has 0 bridgehead atoms. The number of benzene rings is 1. The zero-order valence-electron chi connectivity index (χ0n) is 8.17. The van der Waals surface area contributed by atoms with Crippen molar-refractivity contribution in [3.8, 4) is 11.3 Å². The number of rotatable bonds is 1. The van der Waals surface area contributed by atoms with Crippen LogP contribution in [0.25, 0.3) is 11.3 Å². The lowest BCUT2D eigenvalue weighted by molar-refractivity contribution is 0.620. The Hall–Kier alpha value is -1.77. The van der Waals surface area contributed by atoms with Gasteiger partial charge in [-0.3, -0.25) is 4.98 Å². The van der Waals surface area contributed by atoms with Gasteiger partial charge in [0, 0.05) is 17.3 Å². The topological polar surface area (TPSA) is 12.9 Å². The quantitative estimate of drug-likeness (QED) is 0.695. The SMILES string of the molecule is Cc1cc(F)cc(-c2ccccc2F)n1. The first-order valence-corrected chi connectivity index (χ1v) is 4.56. The highest BCUT2D eigenvalue weighted by molar-refractivity contribution is 5.59. The molecule has 0 radical (unpaired) electrons. The number of hydrogen-bond acceptors (Lipinski definition) is 1. The van der Waals surface area contributed by atoms with E-state index in [2.05, 4.69) is 4.98 Å². The molecule has 0 aliphatic rings. The maximum atomic E-state index is 13.4. The summed E-state index contributed by atoms with van der Waals surface area (Å²) in [5, 5.41) is 0. The van der Waals surface area contributed by atoms with Crippen molar-refractivity contribution in [3.63, 3.8) is 0 Å². The molecular formula is C12H9F2N. The summed E-state index contributed by atoms with van der Waals surface area (Å²) < 4.78 is 26.5. The molecule has 0 amide bonds. The second-order valence-corrected chi connectivity index (χ2v) is 3.29. The summed E-state index contributed by atoms with van der Waals surface area (Å²) in [6, 6.07) is 8.73. The van der Waals surface area contributed by atoms with Crippen LogP contribution in [-0.2, 0) is 0 Å². The molecule has 0 unspecified atom stereocenters. The Balaban J connectivity index is 2.59. The standard InChI is InChI=1S/C12H9F2N/c1-8-6-9(13)7-12(15-8)10-4-2-3-5-11(10)14/h2-7H,1H3. The molecule has 0 saturated carbocycles. The molecule has 15 heavy (non-hydrogen) atoms. The van der Waals surface area contributed by atoms with Crippen LogP contribution in [0.5, 0.6) is 0 Å². The first kappa shape index (κ1) is 9.77. The van der Waals surface area contributed by atoms with Crippen LogP contribution in [0.2, 0.25) is 0 Å². The minimum atomic E-state index is -0.402. The molecule has 1 aromatic heterocycles. The summed E-state index contributed by atoms with van der Waals surface area (Å²) in [6.07, 6.45) is 0. The molecule has 0 spiro atoms. The molecule has 0 aliphatic carbocycles. The Morgan fingerprint density at radius 2 is 1.80 bits per heavy atom. The van der Waals surface area contributed by atoms with Crippen molar-refractivity contribution in [2.75, 3.05) is 0 Å². The van der Waals surface area contributed by atoms with Gasteiger partial charge in [0.2, 0.25) is 0 Å². The van der Waals surface area contributed by atoms with Crippen LogP contribution in [0.15, 0.2) is 36.4 Å². The van der Waals surface area contributed by atoms with Crippen LogP contribution in [-0.4, -0.2) is 4.98 Å². The van der Waals surface area contributed by atoms with Crippen molar-refractivity contribution in [3.05, 3.63) is 53.7 Å². The second kappa shape index (κ2) is 3.77. The molecule has 76 valence electrons. The van der Waals surface area contributed by atoms with Gasteiger partial charge in [-0.25, -0.2) is 8.78 Å². The maximum Gasteiger partial charge on any atom is 0.132 e. The molecule has 0 aliphatic heterocycles. The Labute approximate surface area is 86.4 Å². The van der Waals surface area contributed by atoms with Crippen molar-refractivity contribution in [2.45, 2.75) is 6.92 Å². The van der Waals surface area contributed by atoms with E-state index < -0.39 is 11.6 Å². The lowest BCUT2D eigenvalue weighted by Crippen LogP contribution is -1.91. The van der Waals surface area contributed by atoms with Crippen molar-refractivity contribution in [2.24, 2.45) is 0 Å². The molecule has 0 N–H and O–H groups in total. The van der Waals surface area contributed by atoms with E-state index >= 15 is 0 Å². The fourth-order valence-electron chi connectivity index (χ4n) is 1.43. The highest BCUT2D eigenvalue weighted by atomic mass is 19.1. The smallest absolute Gasteiger partial charge is 0.132 e. The zero-order chi connectivity index (χ0) is 10.8. The van der Waals surface area contributed by atoms with Crippen LogP contribution < -0.4 is 0 Å². The van der Waals surface area contributed by atoms with Gasteiger partial charge in [-0.15, -0.1) is 0 Å². The Morgan fingerprint density at radius 3 is 2.47 bits per heavy atom. The molecule has 2 aromatic rings. The number of pyridine rings is 1. The Morgan fingerprint density at radius 1 is 1.07 bits per heavy atom. The van der Waals surface area contributed by atoms with Crippen molar-refractivity contribution in [1.29, 1.82) is 0 Å². The van der Waals surface area contributed by atoms with Crippen LogP contribution in [0, 0.1) is 18.6 Å². The van der Waals surface area contributed by atoms with E-state index in [0.29, 0.717) is 17.0 Å². The van der Waals surface area contributed by atoms with E-state index in [1.54, 1.807) is 25.1 Å². The monoisotopic (exact) mass is 205 g/mol. The van der Waals surface area contributed by atoms with Gasteiger partial charge < -0.3 is 0 Å². The van der Waals surface area contributed by atoms with Gasteiger partial charge in [-0.1, -0.05) is 12.1 Å². The molecule has 3 heteroatoms. The van der Waals surface area contributed by atoms with Crippen LogP contribution in [0.3, 0.4) is 0 Å². The fourth-order valence-corrected chi connectivity index (χ4v) is 1.43. The van der Waals surface area contributed by atoms with Crippen molar-refractivity contribution >= 4 is 0 Å². The van der Waals surface area contributed by atoms with E-state index in [4.69, 9.17) is 0 Å². The predicted octanol–water partition coefficient (Wildman–Crippen LogP) is 3.34. The molecule has 1 heterocycles. The molecule has 1 nitrogen and oxygen atoms in total. The summed E-state index contributed by atoms with van der Waals surface area (Å²) in [6.45, 7) is 1.67.